The average molecular weight is 638 g/mol. The summed E-state index contributed by atoms with van der Waals surface area (Å²) >= 11 is 1.25. The number of nitrogens with one attached hydrogen (secondary N) is 1. The molecule has 0 bridgehead atoms. The standard InChI is InChI=1S/C34H31N5O4S2/c1-22-18-23(2)32(24(3)19-22)35-31(40)21-44-34-37-36-33(39(34)25-14-16-26(43-4)17-15-25)29-20-38(30-13-9-8-12-28(29)30)45(41,42)27-10-6-5-7-11-27/h5-20H,21H2,1-4H3,(H,35,40). The zero-order valence-corrected chi connectivity index (χ0v) is 26.8. The van der Waals surface area contributed by atoms with Crippen molar-refractivity contribution in [2.45, 2.75) is 30.8 Å². The van der Waals surface area contributed by atoms with Crippen molar-refractivity contribution in [3.8, 4) is 22.8 Å². The lowest BCUT2D eigenvalue weighted by atomic mass is 10.1. The molecule has 0 unspecified atom stereocenters. The van der Waals surface area contributed by atoms with Crippen LogP contribution >= 0.6 is 11.8 Å². The highest BCUT2D eigenvalue weighted by Crippen LogP contribution is 2.36. The second-order valence-corrected chi connectivity index (χ2v) is 13.4. The zero-order valence-electron chi connectivity index (χ0n) is 25.2. The number of aromatic nitrogens is 4. The van der Waals surface area contributed by atoms with Crippen LogP contribution in [0.15, 0.2) is 107 Å². The van der Waals surface area contributed by atoms with Gasteiger partial charge in [0.15, 0.2) is 11.0 Å². The van der Waals surface area contributed by atoms with Crippen molar-refractivity contribution in [1.29, 1.82) is 0 Å². The van der Waals surface area contributed by atoms with Crippen LogP contribution in [0.25, 0.3) is 28.0 Å². The third kappa shape index (κ3) is 5.84. The van der Waals surface area contributed by atoms with Gasteiger partial charge in [-0.15, -0.1) is 10.2 Å². The Bertz CT molecular complexity index is 2110. The molecule has 0 spiro atoms. The molecule has 228 valence electrons. The van der Waals surface area contributed by atoms with Gasteiger partial charge in [-0.1, -0.05) is 65.9 Å². The lowest BCUT2D eigenvalue weighted by molar-refractivity contribution is -0.113. The smallest absolute Gasteiger partial charge is 0.268 e. The van der Waals surface area contributed by atoms with E-state index in [0.29, 0.717) is 33.2 Å². The number of anilines is 1. The summed E-state index contributed by atoms with van der Waals surface area (Å²) in [7, 11) is -2.31. The highest BCUT2D eigenvalue weighted by atomic mass is 32.2. The number of ether oxygens (including phenoxy) is 1. The van der Waals surface area contributed by atoms with E-state index in [0.717, 1.165) is 28.1 Å². The minimum absolute atomic E-state index is 0.0885. The Morgan fingerprint density at radius 1 is 0.889 bits per heavy atom. The molecule has 0 aliphatic rings. The highest BCUT2D eigenvalue weighted by Gasteiger charge is 2.25. The molecule has 0 fully saturated rings. The first kappa shape index (κ1) is 30.2. The first-order valence-corrected chi connectivity index (χ1v) is 16.6. The van der Waals surface area contributed by atoms with E-state index < -0.39 is 10.0 Å². The van der Waals surface area contributed by atoms with Gasteiger partial charge < -0.3 is 10.1 Å². The van der Waals surface area contributed by atoms with E-state index in [1.807, 2.05) is 73.9 Å². The van der Waals surface area contributed by atoms with Crippen LogP contribution in [0.1, 0.15) is 16.7 Å². The number of carbonyl (C=O) groups is 1. The van der Waals surface area contributed by atoms with Gasteiger partial charge in [0.2, 0.25) is 5.91 Å². The van der Waals surface area contributed by atoms with Crippen molar-refractivity contribution in [2.75, 3.05) is 18.2 Å². The maximum Gasteiger partial charge on any atom is 0.268 e. The summed E-state index contributed by atoms with van der Waals surface area (Å²) in [6.45, 7) is 5.98. The van der Waals surface area contributed by atoms with E-state index in [1.165, 1.54) is 15.7 Å². The number of fused-ring (bicyclic) bond motifs is 1. The SMILES string of the molecule is COc1ccc(-n2c(SCC(=O)Nc3c(C)cc(C)cc3C)nnc2-c2cn(S(=O)(=O)c3ccccc3)c3ccccc23)cc1. The molecule has 2 heterocycles. The molecule has 45 heavy (non-hydrogen) atoms. The topological polar surface area (TPSA) is 108 Å². The summed E-state index contributed by atoms with van der Waals surface area (Å²) in [6, 6.07) is 27.1. The molecule has 0 atom stereocenters. The van der Waals surface area contributed by atoms with Gasteiger partial charge in [0.1, 0.15) is 5.75 Å². The quantitative estimate of drug-likeness (QED) is 0.174. The van der Waals surface area contributed by atoms with Gasteiger partial charge in [0.25, 0.3) is 10.0 Å². The minimum atomic E-state index is -3.91. The number of hydrogen-bond acceptors (Lipinski definition) is 7. The number of amides is 1. The molecule has 1 amide bonds. The minimum Gasteiger partial charge on any atom is -0.497 e. The predicted octanol–water partition coefficient (Wildman–Crippen LogP) is 6.79. The second kappa shape index (κ2) is 12.3. The van der Waals surface area contributed by atoms with E-state index in [2.05, 4.69) is 15.5 Å². The van der Waals surface area contributed by atoms with E-state index >= 15 is 0 Å². The Hall–Kier alpha value is -4.87. The molecule has 6 rings (SSSR count). The third-order valence-corrected chi connectivity index (χ3v) is 10.1. The first-order chi connectivity index (χ1) is 21.7. The third-order valence-electron chi connectivity index (χ3n) is 7.46. The van der Waals surface area contributed by atoms with Gasteiger partial charge in [-0.3, -0.25) is 9.36 Å². The fraction of sp³-hybridized carbons (Fsp3) is 0.147. The average Bonchev–Trinajstić information content (AvgIpc) is 3.64. The molecule has 0 aliphatic heterocycles. The molecule has 0 radical (unpaired) electrons. The normalized spacial score (nSPS) is 11.6. The van der Waals surface area contributed by atoms with Crippen LogP contribution < -0.4 is 10.1 Å². The molecule has 11 heteroatoms. The maximum absolute atomic E-state index is 13.8. The lowest BCUT2D eigenvalue weighted by Crippen LogP contribution is -2.16. The zero-order chi connectivity index (χ0) is 31.7. The Balaban J connectivity index is 1.42. The van der Waals surface area contributed by atoms with Crippen LogP contribution in [-0.2, 0) is 14.8 Å². The fourth-order valence-corrected chi connectivity index (χ4v) is 7.56. The highest BCUT2D eigenvalue weighted by molar-refractivity contribution is 7.99. The number of thioether (sulfide) groups is 1. The van der Waals surface area contributed by atoms with E-state index in [4.69, 9.17) is 4.74 Å². The lowest BCUT2D eigenvalue weighted by Gasteiger charge is -2.13. The number of hydrogen-bond donors (Lipinski definition) is 1. The van der Waals surface area contributed by atoms with Crippen LogP contribution in [0.2, 0.25) is 0 Å². The number of methoxy groups -OCH3 is 1. The molecule has 4 aromatic carbocycles. The predicted molar refractivity (Wildman–Crippen MR) is 178 cm³/mol. The van der Waals surface area contributed by atoms with Crippen LogP contribution in [0.3, 0.4) is 0 Å². The van der Waals surface area contributed by atoms with Crippen molar-refractivity contribution in [2.24, 2.45) is 0 Å². The monoisotopic (exact) mass is 637 g/mol. The van der Waals surface area contributed by atoms with E-state index in [1.54, 1.807) is 55.8 Å². The first-order valence-electron chi connectivity index (χ1n) is 14.2. The van der Waals surface area contributed by atoms with Crippen molar-refractivity contribution >= 4 is 44.3 Å². The second-order valence-electron chi connectivity index (χ2n) is 10.6. The van der Waals surface area contributed by atoms with Gasteiger partial charge in [-0.05, 0) is 74.4 Å². The number of para-hydroxylation sites is 1. The van der Waals surface area contributed by atoms with Crippen LogP contribution in [0.5, 0.6) is 5.75 Å². The van der Waals surface area contributed by atoms with Gasteiger partial charge in [-0.25, -0.2) is 12.4 Å². The van der Waals surface area contributed by atoms with Gasteiger partial charge in [-0.2, -0.15) is 0 Å². The van der Waals surface area contributed by atoms with Crippen molar-refractivity contribution in [1.82, 2.24) is 18.7 Å². The molecular formula is C34H31N5O4S2. The molecule has 1 N–H and O–H groups in total. The van der Waals surface area contributed by atoms with Crippen molar-refractivity contribution in [3.63, 3.8) is 0 Å². The van der Waals surface area contributed by atoms with Crippen LogP contribution in [0.4, 0.5) is 5.69 Å². The molecule has 0 saturated carbocycles. The number of rotatable bonds is 9. The summed E-state index contributed by atoms with van der Waals surface area (Å²) in [5.74, 6) is 1.03. The number of benzene rings is 4. The molecule has 6 aromatic rings. The summed E-state index contributed by atoms with van der Waals surface area (Å²) in [5.41, 5.74) is 5.75. The van der Waals surface area contributed by atoms with Crippen LogP contribution in [-0.4, -0.2) is 45.9 Å². The Morgan fingerprint density at radius 2 is 1.56 bits per heavy atom. The Labute approximate surface area is 265 Å². The van der Waals surface area contributed by atoms with Crippen LogP contribution in [0, 0.1) is 20.8 Å². The Kier molecular flexibility index (Phi) is 8.22. The summed E-state index contributed by atoms with van der Waals surface area (Å²) in [5, 5.41) is 13.2. The van der Waals surface area contributed by atoms with Crippen molar-refractivity contribution < 1.29 is 17.9 Å². The van der Waals surface area contributed by atoms with E-state index in [-0.39, 0.29) is 16.6 Å². The number of carbonyl (C=O) groups excluding carboxylic acids is 1. The Morgan fingerprint density at radius 3 is 2.24 bits per heavy atom. The largest absolute Gasteiger partial charge is 0.497 e. The summed E-state index contributed by atoms with van der Waals surface area (Å²) < 4.78 is 36.0. The maximum atomic E-state index is 13.8. The van der Waals surface area contributed by atoms with Gasteiger partial charge in [0, 0.05) is 28.5 Å². The molecule has 9 nitrogen and oxygen atoms in total. The number of aryl methyl sites for hydroxylation is 3. The fourth-order valence-electron chi connectivity index (χ4n) is 5.42. The summed E-state index contributed by atoms with van der Waals surface area (Å²) in [4.78, 5) is 13.3. The summed E-state index contributed by atoms with van der Waals surface area (Å²) in [6.07, 6.45) is 1.58. The molecular weight excluding hydrogens is 607 g/mol. The van der Waals surface area contributed by atoms with Gasteiger partial charge in [0.05, 0.1) is 23.3 Å². The number of nitrogens with zero attached hydrogens (tertiary/aromatic N) is 4. The molecule has 2 aromatic heterocycles. The molecule has 0 saturated heterocycles. The van der Waals surface area contributed by atoms with Crippen molar-refractivity contribution in [3.05, 3.63) is 114 Å². The molecule has 0 aliphatic carbocycles. The van der Waals surface area contributed by atoms with Gasteiger partial charge >= 0.3 is 0 Å². The van der Waals surface area contributed by atoms with E-state index in [9.17, 15) is 13.2 Å².